The Balaban J connectivity index is 2.39. The molecule has 122 valence electrons. The van der Waals surface area contributed by atoms with Crippen LogP contribution in [-0.2, 0) is 0 Å². The van der Waals surface area contributed by atoms with E-state index < -0.39 is 11.5 Å². The Kier molecular flexibility index (Phi) is 3.81. The van der Waals surface area contributed by atoms with Crippen LogP contribution in [0.4, 0.5) is 0 Å². The van der Waals surface area contributed by atoms with E-state index in [9.17, 15) is 19.8 Å². The van der Waals surface area contributed by atoms with E-state index in [1.165, 1.54) is 12.1 Å². The molecule has 3 rings (SSSR count). The van der Waals surface area contributed by atoms with Gasteiger partial charge in [-0.25, -0.2) is 4.79 Å². The number of fused-ring (bicyclic) bond motifs is 1. The van der Waals surface area contributed by atoms with E-state index in [1.54, 1.807) is 12.1 Å². The highest BCUT2D eigenvalue weighted by molar-refractivity contribution is 6.34. The molecule has 1 heterocycles. The lowest BCUT2D eigenvalue weighted by Crippen LogP contribution is -2.10. The third-order valence-corrected chi connectivity index (χ3v) is 4.13. The highest BCUT2D eigenvalue weighted by Crippen LogP contribution is 2.35. The minimum Gasteiger partial charge on any atom is -0.506 e. The van der Waals surface area contributed by atoms with E-state index in [0.29, 0.717) is 5.56 Å². The van der Waals surface area contributed by atoms with Gasteiger partial charge in [-0.1, -0.05) is 40.9 Å². The van der Waals surface area contributed by atoms with E-state index in [0.717, 1.165) is 11.1 Å². The molecule has 1 aromatic heterocycles. The van der Waals surface area contributed by atoms with Crippen molar-refractivity contribution in [3.63, 3.8) is 0 Å². The molecule has 0 atom stereocenters. The maximum Gasteiger partial charge on any atom is 0.337 e. The van der Waals surface area contributed by atoms with Crippen molar-refractivity contribution < 1.29 is 15.0 Å². The van der Waals surface area contributed by atoms with Crippen LogP contribution in [0.3, 0.4) is 0 Å². The molecule has 0 saturated heterocycles. The van der Waals surface area contributed by atoms with Crippen LogP contribution < -0.4 is 5.56 Å². The predicted molar refractivity (Wildman–Crippen MR) is 93.1 cm³/mol. The molecule has 0 fully saturated rings. The first kappa shape index (κ1) is 16.1. The molecule has 24 heavy (non-hydrogen) atoms. The molecule has 5 nitrogen and oxygen atoms in total. The fourth-order valence-electron chi connectivity index (χ4n) is 2.85. The van der Waals surface area contributed by atoms with Gasteiger partial charge in [0.2, 0.25) is 0 Å². The quantitative estimate of drug-likeness (QED) is 0.658. The van der Waals surface area contributed by atoms with Crippen molar-refractivity contribution in [1.29, 1.82) is 0 Å². The Morgan fingerprint density at radius 3 is 2.29 bits per heavy atom. The Labute approximate surface area is 142 Å². The number of hydrogen-bond donors (Lipinski definition) is 3. The van der Waals surface area contributed by atoms with Gasteiger partial charge in [0.15, 0.2) is 0 Å². The zero-order valence-corrected chi connectivity index (χ0v) is 13.7. The number of H-pyrrole nitrogens is 1. The number of benzene rings is 2. The van der Waals surface area contributed by atoms with Gasteiger partial charge in [-0.3, -0.25) is 4.79 Å². The average molecular weight is 344 g/mol. The molecule has 0 spiro atoms. The summed E-state index contributed by atoms with van der Waals surface area (Å²) in [6, 6.07) is 8.12. The Morgan fingerprint density at radius 2 is 1.71 bits per heavy atom. The summed E-state index contributed by atoms with van der Waals surface area (Å²) >= 11 is 5.92. The lowest BCUT2D eigenvalue weighted by atomic mass is 9.99. The molecule has 0 radical (unpaired) electrons. The number of nitrogens with one attached hydrogen (secondary N) is 1. The Bertz CT molecular complexity index is 1030. The lowest BCUT2D eigenvalue weighted by Gasteiger charge is -2.10. The Morgan fingerprint density at radius 1 is 1.08 bits per heavy atom. The summed E-state index contributed by atoms with van der Waals surface area (Å²) in [5, 5.41) is 20.0. The summed E-state index contributed by atoms with van der Waals surface area (Å²) in [4.78, 5) is 26.3. The summed E-state index contributed by atoms with van der Waals surface area (Å²) in [6.07, 6.45) is 0. The monoisotopic (exact) mass is 343 g/mol. The second-order valence-electron chi connectivity index (χ2n) is 5.74. The van der Waals surface area contributed by atoms with E-state index in [-0.39, 0.29) is 32.8 Å². The number of aromatic nitrogens is 1. The summed E-state index contributed by atoms with van der Waals surface area (Å²) in [7, 11) is 0. The smallest absolute Gasteiger partial charge is 0.337 e. The molecule has 6 heteroatoms. The molecule has 0 bridgehead atoms. The van der Waals surface area contributed by atoms with Gasteiger partial charge in [0, 0.05) is 5.39 Å². The fraction of sp³-hybridized carbons (Fsp3) is 0.111. The second kappa shape index (κ2) is 5.69. The molecule has 3 N–H and O–H groups in total. The van der Waals surface area contributed by atoms with Crippen LogP contribution in [0, 0.1) is 13.8 Å². The minimum absolute atomic E-state index is 0.01000. The molecule has 3 aromatic rings. The third-order valence-electron chi connectivity index (χ3n) is 3.82. The van der Waals surface area contributed by atoms with Crippen LogP contribution in [-0.4, -0.2) is 21.2 Å². The molecular weight excluding hydrogens is 330 g/mol. The van der Waals surface area contributed by atoms with Crippen molar-refractivity contribution in [2.45, 2.75) is 13.8 Å². The molecule has 0 aliphatic heterocycles. The van der Waals surface area contributed by atoms with Crippen LogP contribution in [0.25, 0.3) is 22.0 Å². The molecule has 0 aliphatic carbocycles. The SMILES string of the molecule is Cc1cc(C)cc(-c2c(O)c3cc(C(=O)O)c(Cl)cc3[nH]c2=O)c1. The zero-order valence-electron chi connectivity index (χ0n) is 13.0. The number of halogens is 1. The second-order valence-corrected chi connectivity index (χ2v) is 6.14. The van der Waals surface area contributed by atoms with Crippen LogP contribution in [0.15, 0.2) is 35.1 Å². The standard InChI is InChI=1S/C18H14ClNO4/c1-8-3-9(2)5-10(4-8)15-16(21)12-6-11(18(23)24)13(19)7-14(12)20-17(15)22/h3-7H,1-2H3,(H,23,24)(H2,20,21,22). The van der Waals surface area contributed by atoms with E-state index in [2.05, 4.69) is 4.98 Å². The summed E-state index contributed by atoms with van der Waals surface area (Å²) in [6.45, 7) is 3.79. The number of hydrogen-bond acceptors (Lipinski definition) is 3. The van der Waals surface area contributed by atoms with E-state index in [4.69, 9.17) is 11.6 Å². The minimum atomic E-state index is -1.21. The first-order valence-electron chi connectivity index (χ1n) is 7.18. The zero-order chi connectivity index (χ0) is 17.6. The Hall–Kier alpha value is -2.79. The molecule has 0 unspecified atom stereocenters. The molecule has 0 amide bonds. The first-order valence-corrected chi connectivity index (χ1v) is 7.56. The predicted octanol–water partition coefficient (Wildman–Crippen LogP) is 3.87. The normalized spacial score (nSPS) is 11.0. The van der Waals surface area contributed by atoms with Gasteiger partial charge in [0.05, 0.1) is 21.7 Å². The lowest BCUT2D eigenvalue weighted by molar-refractivity contribution is 0.0697. The van der Waals surface area contributed by atoms with Gasteiger partial charge in [-0.05, 0) is 31.5 Å². The van der Waals surface area contributed by atoms with Gasteiger partial charge in [-0.15, -0.1) is 0 Å². The first-order chi connectivity index (χ1) is 11.3. The maximum absolute atomic E-state index is 12.4. The van der Waals surface area contributed by atoms with Gasteiger partial charge in [0.1, 0.15) is 5.75 Å². The van der Waals surface area contributed by atoms with Crippen molar-refractivity contribution >= 4 is 28.5 Å². The average Bonchev–Trinajstić information content (AvgIpc) is 2.45. The van der Waals surface area contributed by atoms with Crippen LogP contribution in [0.5, 0.6) is 5.75 Å². The van der Waals surface area contributed by atoms with Crippen LogP contribution >= 0.6 is 11.6 Å². The van der Waals surface area contributed by atoms with Gasteiger partial charge < -0.3 is 15.2 Å². The van der Waals surface area contributed by atoms with Crippen LogP contribution in [0.2, 0.25) is 5.02 Å². The highest BCUT2D eigenvalue weighted by Gasteiger charge is 2.18. The van der Waals surface area contributed by atoms with Crippen molar-refractivity contribution in [3.8, 4) is 16.9 Å². The number of pyridine rings is 1. The molecule has 0 saturated carbocycles. The summed E-state index contributed by atoms with van der Waals surface area (Å²) in [5.41, 5.74) is 2.24. The highest BCUT2D eigenvalue weighted by atomic mass is 35.5. The van der Waals surface area contributed by atoms with Crippen molar-refractivity contribution in [2.75, 3.05) is 0 Å². The number of rotatable bonds is 2. The number of aromatic hydroxyl groups is 1. The maximum atomic E-state index is 12.4. The van der Waals surface area contributed by atoms with Gasteiger partial charge >= 0.3 is 5.97 Å². The van der Waals surface area contributed by atoms with Crippen molar-refractivity contribution in [1.82, 2.24) is 4.98 Å². The topological polar surface area (TPSA) is 90.4 Å². The fourth-order valence-corrected chi connectivity index (χ4v) is 3.09. The molecule has 2 aromatic carbocycles. The van der Waals surface area contributed by atoms with Crippen molar-refractivity contribution in [3.05, 3.63) is 62.4 Å². The largest absolute Gasteiger partial charge is 0.506 e. The number of carboxylic acids is 1. The number of aromatic amines is 1. The number of aromatic carboxylic acids is 1. The van der Waals surface area contributed by atoms with Gasteiger partial charge in [0.25, 0.3) is 5.56 Å². The third kappa shape index (κ3) is 2.63. The summed E-state index contributed by atoms with van der Waals surface area (Å²) < 4.78 is 0. The van der Waals surface area contributed by atoms with Crippen molar-refractivity contribution in [2.24, 2.45) is 0 Å². The molecular formula is C18H14ClNO4. The summed E-state index contributed by atoms with van der Waals surface area (Å²) in [5.74, 6) is -1.47. The number of carbonyl (C=O) groups is 1. The van der Waals surface area contributed by atoms with E-state index >= 15 is 0 Å². The number of carboxylic acid groups (broad SMARTS) is 1. The van der Waals surface area contributed by atoms with Crippen LogP contribution in [0.1, 0.15) is 21.5 Å². The van der Waals surface area contributed by atoms with E-state index in [1.807, 2.05) is 19.9 Å². The molecule has 0 aliphatic rings. The van der Waals surface area contributed by atoms with Gasteiger partial charge in [-0.2, -0.15) is 0 Å². The number of aryl methyl sites for hydroxylation is 2.